The van der Waals surface area contributed by atoms with E-state index in [9.17, 15) is 4.79 Å². The van der Waals surface area contributed by atoms with Crippen molar-refractivity contribution < 1.29 is 14.3 Å². The first-order valence-electron chi connectivity index (χ1n) is 4.50. The molecule has 0 saturated heterocycles. The molecule has 0 N–H and O–H groups in total. The fourth-order valence-electron chi connectivity index (χ4n) is 1.29. The number of rotatable bonds is 4. The summed E-state index contributed by atoms with van der Waals surface area (Å²) in [5.74, 6) is 1.31. The van der Waals surface area contributed by atoms with E-state index in [0.717, 1.165) is 11.8 Å². The van der Waals surface area contributed by atoms with Gasteiger partial charge in [-0.2, -0.15) is 0 Å². The highest BCUT2D eigenvalue weighted by molar-refractivity contribution is 5.79. The minimum atomic E-state index is 0.555. The van der Waals surface area contributed by atoms with Gasteiger partial charge in [0.1, 0.15) is 6.29 Å². The molecular formula is C11H14O3. The SMILES string of the molecule is CCOc1c(OC)ccc(C=O)c1C. The van der Waals surface area contributed by atoms with Crippen molar-refractivity contribution in [2.75, 3.05) is 13.7 Å². The molecule has 0 radical (unpaired) electrons. The summed E-state index contributed by atoms with van der Waals surface area (Å²) in [4.78, 5) is 10.7. The number of benzene rings is 1. The van der Waals surface area contributed by atoms with Crippen LogP contribution in [0.2, 0.25) is 0 Å². The van der Waals surface area contributed by atoms with E-state index in [2.05, 4.69) is 0 Å². The van der Waals surface area contributed by atoms with Crippen LogP contribution in [0.3, 0.4) is 0 Å². The van der Waals surface area contributed by atoms with Crippen molar-refractivity contribution in [1.29, 1.82) is 0 Å². The van der Waals surface area contributed by atoms with Gasteiger partial charge in [0.2, 0.25) is 0 Å². The molecular weight excluding hydrogens is 180 g/mol. The third kappa shape index (κ3) is 1.87. The van der Waals surface area contributed by atoms with Crippen molar-refractivity contribution >= 4 is 6.29 Å². The Hall–Kier alpha value is -1.51. The van der Waals surface area contributed by atoms with Crippen LogP contribution in [0.5, 0.6) is 11.5 Å². The summed E-state index contributed by atoms with van der Waals surface area (Å²) in [6.07, 6.45) is 0.817. The van der Waals surface area contributed by atoms with Gasteiger partial charge in [0, 0.05) is 11.1 Å². The van der Waals surface area contributed by atoms with Crippen LogP contribution in [0.1, 0.15) is 22.8 Å². The van der Waals surface area contributed by atoms with Crippen LogP contribution < -0.4 is 9.47 Å². The van der Waals surface area contributed by atoms with Crippen LogP contribution in [0.15, 0.2) is 12.1 Å². The molecule has 3 nitrogen and oxygen atoms in total. The molecule has 0 unspecified atom stereocenters. The quantitative estimate of drug-likeness (QED) is 0.689. The maximum Gasteiger partial charge on any atom is 0.164 e. The second-order valence-electron chi connectivity index (χ2n) is 2.86. The number of methoxy groups -OCH3 is 1. The smallest absolute Gasteiger partial charge is 0.164 e. The van der Waals surface area contributed by atoms with Crippen LogP contribution in [0, 0.1) is 6.92 Å². The molecule has 0 aliphatic carbocycles. The van der Waals surface area contributed by atoms with Crippen LogP contribution >= 0.6 is 0 Å². The third-order valence-electron chi connectivity index (χ3n) is 2.05. The lowest BCUT2D eigenvalue weighted by Gasteiger charge is -2.12. The van der Waals surface area contributed by atoms with E-state index in [1.54, 1.807) is 19.2 Å². The molecule has 3 heteroatoms. The maximum atomic E-state index is 10.7. The first-order chi connectivity index (χ1) is 6.74. The molecule has 0 heterocycles. The number of aldehydes is 1. The molecule has 1 aromatic carbocycles. The molecule has 1 rings (SSSR count). The summed E-state index contributed by atoms with van der Waals surface area (Å²) in [5.41, 5.74) is 1.45. The zero-order valence-electron chi connectivity index (χ0n) is 8.66. The van der Waals surface area contributed by atoms with Crippen molar-refractivity contribution in [3.8, 4) is 11.5 Å². The van der Waals surface area contributed by atoms with Gasteiger partial charge in [-0.05, 0) is 26.0 Å². The lowest BCUT2D eigenvalue weighted by Crippen LogP contribution is -2.00. The van der Waals surface area contributed by atoms with Gasteiger partial charge in [0.25, 0.3) is 0 Å². The number of ether oxygens (including phenoxy) is 2. The second kappa shape index (κ2) is 4.65. The van der Waals surface area contributed by atoms with E-state index in [0.29, 0.717) is 23.7 Å². The highest BCUT2D eigenvalue weighted by Crippen LogP contribution is 2.32. The number of carbonyl (C=O) groups excluding carboxylic acids is 1. The van der Waals surface area contributed by atoms with Crippen molar-refractivity contribution in [1.82, 2.24) is 0 Å². The average Bonchev–Trinajstić information content (AvgIpc) is 2.21. The standard InChI is InChI=1S/C11H14O3/c1-4-14-11-8(2)9(7-12)5-6-10(11)13-3/h5-7H,4H2,1-3H3. The van der Waals surface area contributed by atoms with Crippen molar-refractivity contribution in [2.45, 2.75) is 13.8 Å². The van der Waals surface area contributed by atoms with Gasteiger partial charge < -0.3 is 9.47 Å². The zero-order chi connectivity index (χ0) is 10.6. The molecule has 0 saturated carbocycles. The van der Waals surface area contributed by atoms with Gasteiger partial charge in [-0.15, -0.1) is 0 Å². The predicted molar refractivity (Wildman–Crippen MR) is 54.3 cm³/mol. The van der Waals surface area contributed by atoms with E-state index in [-0.39, 0.29) is 0 Å². The number of hydrogen-bond donors (Lipinski definition) is 0. The lowest BCUT2D eigenvalue weighted by molar-refractivity contribution is 0.112. The molecule has 0 fully saturated rings. The highest BCUT2D eigenvalue weighted by Gasteiger charge is 2.10. The third-order valence-corrected chi connectivity index (χ3v) is 2.05. The Bertz CT molecular complexity index is 332. The summed E-state index contributed by atoms with van der Waals surface area (Å²) in [6.45, 7) is 4.29. The fourth-order valence-corrected chi connectivity index (χ4v) is 1.29. The van der Waals surface area contributed by atoms with Crippen LogP contribution in [-0.2, 0) is 0 Å². The van der Waals surface area contributed by atoms with Gasteiger partial charge >= 0.3 is 0 Å². The molecule has 76 valence electrons. The molecule has 0 aliphatic rings. The van der Waals surface area contributed by atoms with Crippen molar-refractivity contribution in [3.05, 3.63) is 23.3 Å². The summed E-state index contributed by atoms with van der Waals surface area (Å²) < 4.78 is 10.6. The van der Waals surface area contributed by atoms with Crippen molar-refractivity contribution in [2.24, 2.45) is 0 Å². The van der Waals surface area contributed by atoms with E-state index >= 15 is 0 Å². The topological polar surface area (TPSA) is 35.5 Å². The Morgan fingerprint density at radius 1 is 1.43 bits per heavy atom. The first-order valence-corrected chi connectivity index (χ1v) is 4.50. The zero-order valence-corrected chi connectivity index (χ0v) is 8.66. The second-order valence-corrected chi connectivity index (χ2v) is 2.86. The summed E-state index contributed by atoms with van der Waals surface area (Å²) in [6, 6.07) is 3.46. The fraction of sp³-hybridized carbons (Fsp3) is 0.364. The molecule has 0 aromatic heterocycles. The Morgan fingerprint density at radius 2 is 2.14 bits per heavy atom. The molecule has 14 heavy (non-hydrogen) atoms. The molecule has 0 amide bonds. The van der Waals surface area contributed by atoms with Gasteiger partial charge in [-0.3, -0.25) is 4.79 Å². The molecule has 0 spiro atoms. The monoisotopic (exact) mass is 194 g/mol. The Labute approximate surface area is 83.6 Å². The average molecular weight is 194 g/mol. The molecule has 1 aromatic rings. The highest BCUT2D eigenvalue weighted by atomic mass is 16.5. The molecule has 0 aliphatic heterocycles. The Balaban J connectivity index is 3.23. The maximum absolute atomic E-state index is 10.7. The summed E-state index contributed by atoms with van der Waals surface area (Å²) in [5, 5.41) is 0. The Morgan fingerprint density at radius 3 is 2.64 bits per heavy atom. The molecule has 0 atom stereocenters. The van der Waals surface area contributed by atoms with Gasteiger partial charge in [-0.25, -0.2) is 0 Å². The minimum absolute atomic E-state index is 0.555. The molecule has 0 bridgehead atoms. The summed E-state index contributed by atoms with van der Waals surface area (Å²) in [7, 11) is 1.58. The van der Waals surface area contributed by atoms with E-state index in [1.165, 1.54) is 0 Å². The minimum Gasteiger partial charge on any atom is -0.493 e. The van der Waals surface area contributed by atoms with E-state index in [1.807, 2.05) is 13.8 Å². The van der Waals surface area contributed by atoms with Gasteiger partial charge in [0.05, 0.1) is 13.7 Å². The van der Waals surface area contributed by atoms with Gasteiger partial charge in [-0.1, -0.05) is 0 Å². The number of carbonyl (C=O) groups is 1. The van der Waals surface area contributed by atoms with Gasteiger partial charge in [0.15, 0.2) is 11.5 Å². The van der Waals surface area contributed by atoms with Crippen LogP contribution in [0.4, 0.5) is 0 Å². The predicted octanol–water partition coefficient (Wildman–Crippen LogP) is 2.21. The van der Waals surface area contributed by atoms with E-state index in [4.69, 9.17) is 9.47 Å². The van der Waals surface area contributed by atoms with Crippen LogP contribution in [0.25, 0.3) is 0 Å². The largest absolute Gasteiger partial charge is 0.493 e. The lowest BCUT2D eigenvalue weighted by atomic mass is 10.1. The van der Waals surface area contributed by atoms with Crippen molar-refractivity contribution in [3.63, 3.8) is 0 Å². The Kier molecular flexibility index (Phi) is 3.51. The summed E-state index contributed by atoms with van der Waals surface area (Å²) >= 11 is 0. The van der Waals surface area contributed by atoms with E-state index < -0.39 is 0 Å². The number of hydrogen-bond acceptors (Lipinski definition) is 3. The normalized spacial score (nSPS) is 9.64. The van der Waals surface area contributed by atoms with Crippen LogP contribution in [-0.4, -0.2) is 20.0 Å². The first kappa shape index (κ1) is 10.6.